The number of amides is 2. The van der Waals surface area contributed by atoms with Gasteiger partial charge in [-0.25, -0.2) is 4.90 Å². The number of fused-ring (bicyclic) bond motifs is 1. The Bertz CT molecular complexity index is 1000. The van der Waals surface area contributed by atoms with Crippen LogP contribution in [0.25, 0.3) is 0 Å². The Hall–Kier alpha value is -3.88. The highest BCUT2D eigenvalue weighted by Gasteiger charge is 2.55. The zero-order valence-corrected chi connectivity index (χ0v) is 13.7. The van der Waals surface area contributed by atoms with E-state index in [1.54, 1.807) is 30.3 Å². The van der Waals surface area contributed by atoms with E-state index in [9.17, 15) is 24.5 Å². The Morgan fingerprint density at radius 2 is 1.70 bits per heavy atom. The third-order valence-electron chi connectivity index (χ3n) is 4.51. The molecule has 2 aromatic carbocycles. The lowest BCUT2D eigenvalue weighted by molar-refractivity contribution is -0.384. The number of nitro groups is 1. The summed E-state index contributed by atoms with van der Waals surface area (Å²) >= 11 is 0. The zero-order valence-electron chi connectivity index (χ0n) is 13.7. The number of hydrogen-bond donors (Lipinski definition) is 1. The summed E-state index contributed by atoms with van der Waals surface area (Å²) in [7, 11) is 0. The van der Waals surface area contributed by atoms with Gasteiger partial charge in [-0.15, -0.1) is 0 Å². The molecule has 9 heteroatoms. The van der Waals surface area contributed by atoms with E-state index in [-0.39, 0.29) is 17.1 Å². The van der Waals surface area contributed by atoms with Crippen LogP contribution in [-0.2, 0) is 9.59 Å². The van der Waals surface area contributed by atoms with Crippen LogP contribution in [0.4, 0.5) is 11.4 Å². The number of nitrogens with zero attached hydrogens (tertiary/aromatic N) is 3. The monoisotopic (exact) mass is 364 g/mol. The number of carbonyl (C=O) groups excluding carboxylic acids is 3. The molecule has 27 heavy (non-hydrogen) atoms. The van der Waals surface area contributed by atoms with Crippen LogP contribution >= 0.6 is 0 Å². The van der Waals surface area contributed by atoms with E-state index in [2.05, 4.69) is 10.5 Å². The summed E-state index contributed by atoms with van der Waals surface area (Å²) in [6.45, 7) is 0. The number of hydrogen-bond acceptors (Lipinski definition) is 7. The van der Waals surface area contributed by atoms with E-state index in [1.165, 1.54) is 24.3 Å². The molecule has 0 bridgehead atoms. The molecule has 134 valence electrons. The van der Waals surface area contributed by atoms with Gasteiger partial charge in [0.1, 0.15) is 17.7 Å². The number of anilines is 1. The maximum atomic E-state index is 12.9. The lowest BCUT2D eigenvalue weighted by Crippen LogP contribution is -2.36. The highest BCUT2D eigenvalue weighted by molar-refractivity contribution is 6.52. The Morgan fingerprint density at radius 1 is 1.04 bits per heavy atom. The standard InChI is InChI=1S/C18H12N4O5/c23-16(10-4-2-1-3-5-10)14-13-15(20-19-14)18(25)21(17(13)24)11-6-8-12(9-7-11)22(26)27/h1-9,13,15,20H/t13-,15+/m1/s1. The molecule has 2 aliphatic rings. The van der Waals surface area contributed by atoms with Crippen LogP contribution in [0.3, 0.4) is 0 Å². The first-order valence-electron chi connectivity index (χ1n) is 8.04. The van der Waals surface area contributed by atoms with Crippen molar-refractivity contribution in [2.45, 2.75) is 6.04 Å². The molecule has 2 aromatic rings. The van der Waals surface area contributed by atoms with Gasteiger partial charge >= 0.3 is 0 Å². The minimum atomic E-state index is -1.03. The van der Waals surface area contributed by atoms with Crippen molar-refractivity contribution >= 4 is 34.7 Å². The van der Waals surface area contributed by atoms with Crippen LogP contribution in [0.15, 0.2) is 59.7 Å². The van der Waals surface area contributed by atoms with E-state index in [0.717, 1.165) is 4.90 Å². The van der Waals surface area contributed by atoms with Crippen molar-refractivity contribution < 1.29 is 19.3 Å². The normalized spacial score (nSPS) is 20.9. The van der Waals surface area contributed by atoms with Gasteiger partial charge in [0, 0.05) is 17.7 Å². The molecule has 2 heterocycles. The zero-order chi connectivity index (χ0) is 19.1. The SMILES string of the molecule is O=C(C1=NN[C@@H]2C(=O)N(c3ccc([N+](=O)[O-])cc3)C(=O)[C@H]12)c1ccccc1. The highest BCUT2D eigenvalue weighted by atomic mass is 16.6. The van der Waals surface area contributed by atoms with Crippen molar-refractivity contribution in [3.05, 3.63) is 70.3 Å². The first-order chi connectivity index (χ1) is 13.0. The van der Waals surface area contributed by atoms with Gasteiger partial charge in [-0.1, -0.05) is 30.3 Å². The van der Waals surface area contributed by atoms with Crippen LogP contribution in [-0.4, -0.2) is 34.3 Å². The van der Waals surface area contributed by atoms with Gasteiger partial charge in [0.25, 0.3) is 11.6 Å². The molecule has 1 N–H and O–H groups in total. The van der Waals surface area contributed by atoms with Crippen LogP contribution in [0, 0.1) is 16.0 Å². The van der Waals surface area contributed by atoms with Crippen molar-refractivity contribution in [2.75, 3.05) is 4.90 Å². The summed E-state index contributed by atoms with van der Waals surface area (Å²) in [6, 6.07) is 12.5. The summed E-state index contributed by atoms with van der Waals surface area (Å²) in [5.74, 6) is -2.60. The van der Waals surface area contributed by atoms with Gasteiger partial charge in [0.05, 0.1) is 10.6 Å². The minimum absolute atomic E-state index is 0.0195. The Kier molecular flexibility index (Phi) is 3.76. The summed E-state index contributed by atoms with van der Waals surface area (Å²) < 4.78 is 0. The third kappa shape index (κ3) is 2.56. The quantitative estimate of drug-likeness (QED) is 0.378. The molecule has 2 atom stereocenters. The molecular formula is C18H12N4O5. The molecule has 2 amide bonds. The number of ketones is 1. The molecule has 0 unspecified atom stereocenters. The first-order valence-corrected chi connectivity index (χ1v) is 8.04. The smallest absolute Gasteiger partial charge is 0.269 e. The third-order valence-corrected chi connectivity index (χ3v) is 4.51. The molecule has 1 fully saturated rings. The van der Waals surface area contributed by atoms with E-state index in [1.807, 2.05) is 0 Å². The molecular weight excluding hydrogens is 352 g/mol. The van der Waals surface area contributed by atoms with E-state index < -0.39 is 34.5 Å². The van der Waals surface area contributed by atoms with Gasteiger partial charge < -0.3 is 0 Å². The minimum Gasteiger partial charge on any atom is -0.296 e. The van der Waals surface area contributed by atoms with E-state index >= 15 is 0 Å². The number of hydrazone groups is 1. The predicted molar refractivity (Wildman–Crippen MR) is 94.2 cm³/mol. The lowest BCUT2D eigenvalue weighted by atomic mass is 9.93. The molecule has 2 aliphatic heterocycles. The molecule has 0 spiro atoms. The Balaban J connectivity index is 1.64. The number of Topliss-reactive ketones (excluding diaryl/α,β-unsaturated/α-hetero) is 1. The van der Waals surface area contributed by atoms with Crippen molar-refractivity contribution in [3.8, 4) is 0 Å². The lowest BCUT2D eigenvalue weighted by Gasteiger charge is -2.15. The number of carbonyl (C=O) groups is 3. The van der Waals surface area contributed by atoms with Crippen LogP contribution < -0.4 is 10.3 Å². The van der Waals surface area contributed by atoms with E-state index in [0.29, 0.717) is 5.56 Å². The molecule has 4 rings (SSSR count). The van der Waals surface area contributed by atoms with Crippen molar-refractivity contribution in [3.63, 3.8) is 0 Å². The maximum absolute atomic E-state index is 12.9. The molecule has 0 aromatic heterocycles. The predicted octanol–water partition coefficient (Wildman–Crippen LogP) is 1.29. The number of nitrogens with one attached hydrogen (secondary N) is 1. The first kappa shape index (κ1) is 16.6. The van der Waals surface area contributed by atoms with Crippen LogP contribution in [0.1, 0.15) is 10.4 Å². The summed E-state index contributed by atoms with van der Waals surface area (Å²) in [5.41, 5.74) is 2.98. The van der Waals surface area contributed by atoms with Gasteiger partial charge in [-0.2, -0.15) is 5.10 Å². The molecule has 0 saturated carbocycles. The molecule has 1 saturated heterocycles. The number of imide groups is 1. The maximum Gasteiger partial charge on any atom is 0.269 e. The summed E-state index contributed by atoms with van der Waals surface area (Å²) in [6.07, 6.45) is 0. The second-order valence-corrected chi connectivity index (χ2v) is 6.06. The Morgan fingerprint density at radius 3 is 2.33 bits per heavy atom. The molecule has 0 radical (unpaired) electrons. The number of non-ortho nitro benzene ring substituents is 1. The van der Waals surface area contributed by atoms with Crippen molar-refractivity contribution in [1.82, 2.24) is 5.43 Å². The summed E-state index contributed by atoms with van der Waals surface area (Å²) in [5, 5.41) is 14.7. The van der Waals surface area contributed by atoms with Gasteiger partial charge in [-0.05, 0) is 12.1 Å². The average molecular weight is 364 g/mol. The van der Waals surface area contributed by atoms with Gasteiger partial charge in [-0.3, -0.25) is 29.9 Å². The van der Waals surface area contributed by atoms with Gasteiger partial charge in [0.15, 0.2) is 0 Å². The summed E-state index contributed by atoms with van der Waals surface area (Å²) in [4.78, 5) is 49.3. The topological polar surface area (TPSA) is 122 Å². The largest absolute Gasteiger partial charge is 0.296 e. The fourth-order valence-electron chi connectivity index (χ4n) is 3.19. The fraction of sp³-hybridized carbons (Fsp3) is 0.111. The average Bonchev–Trinajstić information content (AvgIpc) is 3.22. The van der Waals surface area contributed by atoms with E-state index in [4.69, 9.17) is 0 Å². The second-order valence-electron chi connectivity index (χ2n) is 6.06. The fourth-order valence-corrected chi connectivity index (χ4v) is 3.19. The van der Waals surface area contributed by atoms with Crippen LogP contribution in [0.2, 0.25) is 0 Å². The van der Waals surface area contributed by atoms with Crippen molar-refractivity contribution in [2.24, 2.45) is 11.0 Å². The number of nitro benzene ring substituents is 1. The molecule has 0 aliphatic carbocycles. The highest BCUT2D eigenvalue weighted by Crippen LogP contribution is 2.32. The Labute approximate surface area is 152 Å². The van der Waals surface area contributed by atoms with Gasteiger partial charge in [0.2, 0.25) is 11.7 Å². The number of rotatable bonds is 4. The molecule has 9 nitrogen and oxygen atoms in total. The second kappa shape index (κ2) is 6.13. The van der Waals surface area contributed by atoms with Crippen molar-refractivity contribution in [1.29, 1.82) is 0 Å². The number of benzene rings is 2. The van der Waals surface area contributed by atoms with Crippen LogP contribution in [0.5, 0.6) is 0 Å².